The number of benzene rings is 2. The number of rotatable bonds is 2. The minimum Gasteiger partial charge on any atom is -0.491 e. The maximum absolute atomic E-state index is 11.5. The minimum absolute atomic E-state index is 0.146. The zero-order valence-electron chi connectivity index (χ0n) is 9.84. The number of ether oxygens (including phenoxy) is 1. The molecule has 0 fully saturated rings. The summed E-state index contributed by atoms with van der Waals surface area (Å²) in [4.78, 5) is 16.0. The van der Waals surface area contributed by atoms with E-state index in [1.54, 1.807) is 0 Å². The van der Waals surface area contributed by atoms with E-state index in [4.69, 9.17) is 9.15 Å². The van der Waals surface area contributed by atoms with Crippen LogP contribution in [0.1, 0.15) is 6.92 Å². The lowest BCUT2D eigenvalue weighted by molar-refractivity contribution is 0.339. The predicted octanol–water partition coefficient (Wildman–Crippen LogP) is 2.69. The van der Waals surface area contributed by atoms with E-state index in [1.807, 2.05) is 31.2 Å². The first kappa shape index (κ1) is 10.8. The van der Waals surface area contributed by atoms with Gasteiger partial charge in [-0.05, 0) is 19.1 Å². The van der Waals surface area contributed by atoms with Gasteiger partial charge < -0.3 is 9.15 Å². The summed E-state index contributed by atoms with van der Waals surface area (Å²) in [6.45, 7) is 2.34. The Hall–Kier alpha value is -2.36. The van der Waals surface area contributed by atoms with Crippen LogP contribution in [0.5, 0.6) is 5.75 Å². The van der Waals surface area contributed by atoms with E-state index in [1.165, 1.54) is 12.1 Å². The summed E-state index contributed by atoms with van der Waals surface area (Å²) in [5.41, 5.74) is 1.82. The third-order valence-electron chi connectivity index (χ3n) is 2.63. The molecule has 4 nitrogen and oxygen atoms in total. The second-order valence-corrected chi connectivity index (χ2v) is 3.88. The number of nitrogens with zero attached hydrogens (tertiary/aromatic N) is 1. The van der Waals surface area contributed by atoms with Gasteiger partial charge in [0.25, 0.3) is 0 Å². The number of hydrogen-bond acceptors (Lipinski definition) is 4. The Morgan fingerprint density at radius 2 is 2.11 bits per heavy atom. The van der Waals surface area contributed by atoms with Crippen molar-refractivity contribution in [2.75, 3.05) is 6.61 Å². The molecule has 0 unspecified atom stereocenters. The van der Waals surface area contributed by atoms with Crippen molar-refractivity contribution < 1.29 is 9.15 Å². The van der Waals surface area contributed by atoms with Crippen LogP contribution < -0.4 is 10.2 Å². The molecule has 1 heterocycles. The van der Waals surface area contributed by atoms with Crippen LogP contribution in [0.2, 0.25) is 0 Å². The topological polar surface area (TPSA) is 52.3 Å². The molecule has 0 saturated carbocycles. The number of fused-ring (bicyclic) bond motifs is 2. The zero-order valence-corrected chi connectivity index (χ0v) is 9.84. The standard InChI is InChI=1S/C14H11NO3/c1-2-17-12-7-9(16)8-13-14(12)15-10-5-3-4-6-11(10)18-13/h3-8H,2H2,1H3. The van der Waals surface area contributed by atoms with Gasteiger partial charge in [0, 0.05) is 12.1 Å². The lowest BCUT2D eigenvalue weighted by Crippen LogP contribution is -2.05. The average Bonchev–Trinajstić information content (AvgIpc) is 2.37. The molecule has 0 N–H and O–H groups in total. The lowest BCUT2D eigenvalue weighted by Gasteiger charge is -2.10. The van der Waals surface area contributed by atoms with Crippen molar-refractivity contribution in [3.05, 3.63) is 46.6 Å². The van der Waals surface area contributed by atoms with Crippen LogP contribution >= 0.6 is 0 Å². The molecule has 1 aliphatic carbocycles. The smallest absolute Gasteiger partial charge is 0.186 e. The Kier molecular flexibility index (Phi) is 2.48. The monoisotopic (exact) mass is 241 g/mol. The molecule has 0 atom stereocenters. The highest BCUT2D eigenvalue weighted by molar-refractivity contribution is 5.77. The molecule has 2 aliphatic rings. The van der Waals surface area contributed by atoms with Gasteiger partial charge >= 0.3 is 0 Å². The fourth-order valence-corrected chi connectivity index (χ4v) is 1.89. The fourth-order valence-electron chi connectivity index (χ4n) is 1.89. The van der Waals surface area contributed by atoms with Crippen LogP contribution in [0.3, 0.4) is 0 Å². The van der Waals surface area contributed by atoms with Crippen molar-refractivity contribution in [3.8, 4) is 17.2 Å². The van der Waals surface area contributed by atoms with Gasteiger partial charge in [-0.15, -0.1) is 0 Å². The number of para-hydroxylation sites is 2. The summed E-state index contributed by atoms with van der Waals surface area (Å²) in [6, 6.07) is 10.3. The van der Waals surface area contributed by atoms with Gasteiger partial charge in [0.15, 0.2) is 22.5 Å². The van der Waals surface area contributed by atoms with Gasteiger partial charge in [-0.25, -0.2) is 4.98 Å². The van der Waals surface area contributed by atoms with Gasteiger partial charge in [0.1, 0.15) is 11.2 Å². The predicted molar refractivity (Wildman–Crippen MR) is 68.1 cm³/mol. The molecule has 1 aromatic carbocycles. The van der Waals surface area contributed by atoms with E-state index in [-0.39, 0.29) is 5.43 Å². The van der Waals surface area contributed by atoms with E-state index in [0.29, 0.717) is 29.4 Å². The number of hydrogen-bond donors (Lipinski definition) is 0. The SMILES string of the molecule is CCOc1cc(=O)cc2oc3ccccc3nc1-2. The van der Waals surface area contributed by atoms with Crippen LogP contribution in [0.25, 0.3) is 22.6 Å². The second-order valence-electron chi connectivity index (χ2n) is 3.88. The second kappa shape index (κ2) is 4.14. The van der Waals surface area contributed by atoms with E-state index >= 15 is 0 Å². The fraction of sp³-hybridized carbons (Fsp3) is 0.143. The minimum atomic E-state index is -0.146. The average molecular weight is 241 g/mol. The Balaban J connectivity index is 2.38. The van der Waals surface area contributed by atoms with Crippen LogP contribution in [-0.2, 0) is 0 Å². The molecular formula is C14H11NO3. The summed E-state index contributed by atoms with van der Waals surface area (Å²) >= 11 is 0. The van der Waals surface area contributed by atoms with Crippen LogP contribution in [-0.4, -0.2) is 11.6 Å². The van der Waals surface area contributed by atoms with E-state index in [0.717, 1.165) is 5.52 Å². The van der Waals surface area contributed by atoms with Crippen LogP contribution in [0.4, 0.5) is 0 Å². The molecule has 0 spiro atoms. The number of aromatic nitrogens is 1. The van der Waals surface area contributed by atoms with E-state index < -0.39 is 0 Å². The molecule has 4 heteroatoms. The first-order valence-corrected chi connectivity index (χ1v) is 5.74. The summed E-state index contributed by atoms with van der Waals surface area (Å²) in [5, 5.41) is 0. The highest BCUT2D eigenvalue weighted by atomic mass is 16.5. The molecule has 0 bridgehead atoms. The largest absolute Gasteiger partial charge is 0.491 e. The van der Waals surface area contributed by atoms with Crippen molar-refractivity contribution >= 4 is 11.1 Å². The Bertz CT molecular complexity index is 733. The van der Waals surface area contributed by atoms with Crippen molar-refractivity contribution in [3.63, 3.8) is 0 Å². The van der Waals surface area contributed by atoms with Crippen molar-refractivity contribution in [1.82, 2.24) is 4.98 Å². The van der Waals surface area contributed by atoms with E-state index in [9.17, 15) is 4.79 Å². The van der Waals surface area contributed by atoms with Gasteiger partial charge in [-0.2, -0.15) is 0 Å². The van der Waals surface area contributed by atoms with Crippen LogP contribution in [0, 0.1) is 0 Å². The maximum atomic E-state index is 11.5. The highest BCUT2D eigenvalue weighted by Crippen LogP contribution is 2.30. The lowest BCUT2D eigenvalue weighted by atomic mass is 10.2. The summed E-state index contributed by atoms with van der Waals surface area (Å²) < 4.78 is 11.1. The Labute approximate surface area is 103 Å². The van der Waals surface area contributed by atoms with Crippen LogP contribution in [0.15, 0.2) is 45.6 Å². The molecule has 0 radical (unpaired) electrons. The first-order chi connectivity index (χ1) is 8.78. The molecule has 1 aromatic rings. The molecule has 18 heavy (non-hydrogen) atoms. The molecule has 0 aromatic heterocycles. The molecular weight excluding hydrogens is 230 g/mol. The van der Waals surface area contributed by atoms with Gasteiger partial charge in [0.2, 0.25) is 0 Å². The Morgan fingerprint density at radius 1 is 1.28 bits per heavy atom. The third-order valence-corrected chi connectivity index (χ3v) is 2.63. The molecule has 0 saturated heterocycles. The zero-order chi connectivity index (χ0) is 12.5. The molecule has 0 amide bonds. The molecule has 1 aliphatic heterocycles. The Morgan fingerprint density at radius 3 is 2.94 bits per heavy atom. The van der Waals surface area contributed by atoms with E-state index in [2.05, 4.69) is 4.98 Å². The summed E-state index contributed by atoms with van der Waals surface area (Å²) in [5.74, 6) is 0.916. The maximum Gasteiger partial charge on any atom is 0.186 e. The summed E-state index contributed by atoms with van der Waals surface area (Å²) in [7, 11) is 0. The highest BCUT2D eigenvalue weighted by Gasteiger charge is 2.15. The van der Waals surface area contributed by atoms with Gasteiger partial charge in [-0.3, -0.25) is 4.79 Å². The van der Waals surface area contributed by atoms with Crippen molar-refractivity contribution in [2.24, 2.45) is 0 Å². The summed E-state index contributed by atoms with van der Waals surface area (Å²) in [6.07, 6.45) is 0. The van der Waals surface area contributed by atoms with Crippen molar-refractivity contribution in [2.45, 2.75) is 6.92 Å². The van der Waals surface area contributed by atoms with Crippen molar-refractivity contribution in [1.29, 1.82) is 0 Å². The third kappa shape index (κ3) is 1.72. The quantitative estimate of drug-likeness (QED) is 0.647. The normalized spacial score (nSPS) is 10.9. The van der Waals surface area contributed by atoms with Gasteiger partial charge in [0.05, 0.1) is 6.61 Å². The molecule has 3 rings (SSSR count). The van der Waals surface area contributed by atoms with Gasteiger partial charge in [-0.1, -0.05) is 12.1 Å². The molecule has 90 valence electrons. The first-order valence-electron chi connectivity index (χ1n) is 5.74.